The van der Waals surface area contributed by atoms with Gasteiger partial charge in [-0.3, -0.25) is 14.2 Å². The number of ether oxygens (including phenoxy) is 2. The van der Waals surface area contributed by atoms with E-state index in [1.807, 2.05) is 6.92 Å². The number of nitrogen functional groups attached to an aromatic ring is 1. The van der Waals surface area contributed by atoms with Gasteiger partial charge in [0.2, 0.25) is 0 Å². The molecule has 2 atom stereocenters. The number of benzene rings is 1. The lowest BCUT2D eigenvalue weighted by Gasteiger charge is -2.40. The van der Waals surface area contributed by atoms with Crippen LogP contribution in [0.15, 0.2) is 49.1 Å². The average Bonchev–Trinajstić information content (AvgIpc) is 3.29. The number of halogens is 3. The third kappa shape index (κ3) is 3.96. The van der Waals surface area contributed by atoms with Crippen molar-refractivity contribution >= 4 is 28.3 Å². The highest BCUT2D eigenvalue weighted by molar-refractivity contribution is 5.98. The van der Waals surface area contributed by atoms with Crippen LogP contribution in [0.2, 0.25) is 0 Å². The molecule has 1 aromatic carbocycles. The topological polar surface area (TPSA) is 108 Å². The van der Waals surface area contributed by atoms with Crippen molar-refractivity contribution in [1.82, 2.24) is 24.3 Å². The summed E-state index contributed by atoms with van der Waals surface area (Å²) in [4.78, 5) is 27.9. The van der Waals surface area contributed by atoms with Gasteiger partial charge in [0.1, 0.15) is 17.1 Å². The van der Waals surface area contributed by atoms with Crippen LogP contribution >= 0.6 is 0 Å². The molecule has 4 aromatic rings. The van der Waals surface area contributed by atoms with Crippen LogP contribution in [-0.2, 0) is 4.74 Å². The normalized spacial score (nSPS) is 19.0. The fourth-order valence-electron chi connectivity index (χ4n) is 4.13. The summed E-state index contributed by atoms with van der Waals surface area (Å²) >= 11 is 0. The minimum absolute atomic E-state index is 0.153. The SMILES string of the molecule is CC1COCC(c2ccc(OC(F)(F)F)cn2)N1C(=O)c1ccc2nc(N)c3cncn3c2c1. The van der Waals surface area contributed by atoms with Crippen molar-refractivity contribution < 1.29 is 27.4 Å². The number of amides is 1. The Morgan fingerprint density at radius 2 is 2.00 bits per heavy atom. The lowest BCUT2D eigenvalue weighted by atomic mass is 10.0. The number of nitrogens with two attached hydrogens (primary N) is 1. The minimum Gasteiger partial charge on any atom is -0.404 e. The summed E-state index contributed by atoms with van der Waals surface area (Å²) in [5, 5.41) is 0. The Bertz CT molecular complexity index is 1370. The number of carbonyl (C=O) groups is 1. The van der Waals surface area contributed by atoms with Crippen molar-refractivity contribution in [2.24, 2.45) is 0 Å². The Morgan fingerprint density at radius 1 is 1.18 bits per heavy atom. The first kappa shape index (κ1) is 21.9. The van der Waals surface area contributed by atoms with Gasteiger partial charge in [0.15, 0.2) is 0 Å². The fourth-order valence-corrected chi connectivity index (χ4v) is 4.13. The van der Waals surface area contributed by atoms with Crippen LogP contribution in [-0.4, -0.2) is 55.8 Å². The maximum atomic E-state index is 13.6. The van der Waals surface area contributed by atoms with Gasteiger partial charge in [-0.15, -0.1) is 13.2 Å². The number of imidazole rings is 1. The molecular formula is C22H19F3N6O3. The van der Waals surface area contributed by atoms with Gasteiger partial charge in [0.25, 0.3) is 5.91 Å². The fraction of sp³-hybridized carbons (Fsp3) is 0.273. The summed E-state index contributed by atoms with van der Waals surface area (Å²) in [6, 6.07) is 6.76. The Kier molecular flexibility index (Phi) is 5.24. The molecule has 1 aliphatic rings. The van der Waals surface area contributed by atoms with Gasteiger partial charge >= 0.3 is 6.36 Å². The lowest BCUT2D eigenvalue weighted by molar-refractivity contribution is -0.274. The number of alkyl halides is 3. The predicted molar refractivity (Wildman–Crippen MR) is 115 cm³/mol. The van der Waals surface area contributed by atoms with Gasteiger partial charge in [-0.05, 0) is 37.3 Å². The minimum atomic E-state index is -4.82. The van der Waals surface area contributed by atoms with Gasteiger partial charge in [-0.1, -0.05) is 0 Å². The summed E-state index contributed by atoms with van der Waals surface area (Å²) in [7, 11) is 0. The van der Waals surface area contributed by atoms with Gasteiger partial charge in [-0.2, -0.15) is 0 Å². The van der Waals surface area contributed by atoms with Gasteiger partial charge in [0, 0.05) is 5.56 Å². The Hall–Kier alpha value is -3.93. The average molecular weight is 472 g/mol. The molecule has 3 aromatic heterocycles. The van der Waals surface area contributed by atoms with Crippen molar-refractivity contribution in [3.63, 3.8) is 0 Å². The highest BCUT2D eigenvalue weighted by Gasteiger charge is 2.36. The maximum Gasteiger partial charge on any atom is 0.573 e. The van der Waals surface area contributed by atoms with E-state index in [1.165, 1.54) is 12.1 Å². The summed E-state index contributed by atoms with van der Waals surface area (Å²) in [6.45, 7) is 2.30. The Balaban J connectivity index is 1.49. The van der Waals surface area contributed by atoms with Crippen molar-refractivity contribution in [2.75, 3.05) is 18.9 Å². The second-order valence-corrected chi connectivity index (χ2v) is 7.93. The predicted octanol–water partition coefficient (Wildman–Crippen LogP) is 3.36. The number of rotatable bonds is 3. The number of anilines is 1. The van der Waals surface area contributed by atoms with Crippen LogP contribution < -0.4 is 10.5 Å². The van der Waals surface area contributed by atoms with E-state index in [1.54, 1.807) is 40.0 Å². The molecule has 2 unspecified atom stereocenters. The summed E-state index contributed by atoms with van der Waals surface area (Å²) < 4.78 is 48.7. The van der Waals surface area contributed by atoms with E-state index in [2.05, 4.69) is 19.7 Å². The van der Waals surface area contributed by atoms with Crippen LogP contribution in [0.25, 0.3) is 16.6 Å². The van der Waals surface area contributed by atoms with E-state index >= 15 is 0 Å². The molecule has 1 fully saturated rings. The lowest BCUT2D eigenvalue weighted by Crippen LogP contribution is -2.49. The van der Waals surface area contributed by atoms with Crippen molar-refractivity contribution in [2.45, 2.75) is 25.4 Å². The van der Waals surface area contributed by atoms with Crippen molar-refractivity contribution in [3.05, 3.63) is 60.3 Å². The van der Waals surface area contributed by atoms with Crippen LogP contribution in [0, 0.1) is 0 Å². The number of pyridine rings is 1. The third-order valence-electron chi connectivity index (χ3n) is 5.64. The van der Waals surface area contributed by atoms with Crippen LogP contribution in [0.5, 0.6) is 5.75 Å². The first-order valence-corrected chi connectivity index (χ1v) is 10.3. The number of morpholine rings is 1. The molecule has 4 heterocycles. The molecule has 0 radical (unpaired) electrons. The maximum absolute atomic E-state index is 13.6. The molecule has 2 N–H and O–H groups in total. The number of fused-ring (bicyclic) bond motifs is 3. The molecule has 34 heavy (non-hydrogen) atoms. The molecule has 0 bridgehead atoms. The van der Waals surface area contributed by atoms with Crippen molar-refractivity contribution in [3.8, 4) is 5.75 Å². The number of nitrogens with zero attached hydrogens (tertiary/aromatic N) is 5. The molecular weight excluding hydrogens is 453 g/mol. The number of hydrogen-bond acceptors (Lipinski definition) is 7. The molecule has 0 saturated carbocycles. The Labute approximate surface area is 190 Å². The van der Waals surface area contributed by atoms with E-state index < -0.39 is 18.2 Å². The third-order valence-corrected chi connectivity index (χ3v) is 5.64. The number of carbonyl (C=O) groups excluding carboxylic acids is 1. The second-order valence-electron chi connectivity index (χ2n) is 7.93. The molecule has 0 aliphatic carbocycles. The Morgan fingerprint density at radius 3 is 2.74 bits per heavy atom. The smallest absolute Gasteiger partial charge is 0.404 e. The highest BCUT2D eigenvalue weighted by atomic mass is 19.4. The molecule has 9 nitrogen and oxygen atoms in total. The molecule has 176 valence electrons. The van der Waals surface area contributed by atoms with E-state index in [-0.39, 0.29) is 18.6 Å². The molecule has 0 spiro atoms. The van der Waals surface area contributed by atoms with Gasteiger partial charge < -0.3 is 20.1 Å². The molecule has 1 amide bonds. The van der Waals surface area contributed by atoms with E-state index in [0.29, 0.717) is 40.2 Å². The van der Waals surface area contributed by atoms with Crippen LogP contribution in [0.4, 0.5) is 19.0 Å². The zero-order valence-electron chi connectivity index (χ0n) is 17.9. The molecule has 12 heteroatoms. The van der Waals surface area contributed by atoms with E-state index in [4.69, 9.17) is 10.5 Å². The summed E-state index contributed by atoms with van der Waals surface area (Å²) in [6.07, 6.45) is -0.649. The first-order chi connectivity index (χ1) is 16.2. The zero-order chi connectivity index (χ0) is 24.0. The van der Waals surface area contributed by atoms with Crippen LogP contribution in [0.3, 0.4) is 0 Å². The van der Waals surface area contributed by atoms with E-state index in [0.717, 1.165) is 6.20 Å². The summed E-state index contributed by atoms with van der Waals surface area (Å²) in [5.41, 5.74) is 8.68. The summed E-state index contributed by atoms with van der Waals surface area (Å²) in [5.74, 6) is -0.385. The van der Waals surface area contributed by atoms with Crippen molar-refractivity contribution in [1.29, 1.82) is 0 Å². The van der Waals surface area contributed by atoms with Gasteiger partial charge in [0.05, 0.1) is 60.7 Å². The molecule has 1 saturated heterocycles. The number of aromatic nitrogens is 4. The first-order valence-electron chi connectivity index (χ1n) is 10.3. The van der Waals surface area contributed by atoms with Crippen LogP contribution in [0.1, 0.15) is 29.0 Å². The monoisotopic (exact) mass is 472 g/mol. The highest BCUT2D eigenvalue weighted by Crippen LogP contribution is 2.31. The second kappa shape index (κ2) is 8.13. The quantitative estimate of drug-likeness (QED) is 0.487. The molecule has 1 aliphatic heterocycles. The zero-order valence-corrected chi connectivity index (χ0v) is 17.9. The standard InChI is InChI=1S/C22H19F3N6O3/c1-12-9-33-10-19(15-5-3-14(7-28-15)34-22(23,24)25)31(12)21(32)13-2-4-16-17(6-13)30-11-27-8-18(30)20(26)29-16/h2-8,11-12,19H,9-10H2,1H3,(H2,26,29). The van der Waals surface area contributed by atoms with E-state index in [9.17, 15) is 18.0 Å². The largest absolute Gasteiger partial charge is 0.573 e. The molecule has 5 rings (SSSR count). The van der Waals surface area contributed by atoms with Gasteiger partial charge in [-0.25, -0.2) is 9.97 Å². The number of hydrogen-bond donors (Lipinski definition) is 1.